The molecule has 182 valence electrons. The molecule has 0 aliphatic carbocycles. The average molecular weight is 498 g/mol. The number of aromatic hydroxyl groups is 1. The topological polar surface area (TPSA) is 183 Å². The summed E-state index contributed by atoms with van der Waals surface area (Å²) in [4.78, 5) is 35.5. The number of phenolic OH excluding ortho intramolecular Hbond substituents is 1. The van der Waals surface area contributed by atoms with E-state index in [9.17, 15) is 24.9 Å². The Morgan fingerprint density at radius 1 is 1.24 bits per heavy atom. The smallest absolute Gasteiger partial charge is 0.348 e. The molecule has 0 aliphatic heterocycles. The number of alkyl halides is 1. The zero-order valence-corrected chi connectivity index (χ0v) is 18.5. The zero-order chi connectivity index (χ0) is 25.0. The van der Waals surface area contributed by atoms with Gasteiger partial charge in [0.15, 0.2) is 17.8 Å². The average Bonchev–Trinajstić information content (AvgIpc) is 3.20. The number of hydrogen-bond donors (Lipinski definition) is 4. The number of carbonyl (C=O) groups is 2. The van der Waals surface area contributed by atoms with Gasteiger partial charge in [-0.25, -0.2) is 19.0 Å². The number of nitrogen functional groups attached to an aromatic ring is 1. The molecule has 1 aromatic carbocycles. The lowest BCUT2D eigenvalue weighted by atomic mass is 9.94. The van der Waals surface area contributed by atoms with Gasteiger partial charge in [-0.2, -0.15) is 9.97 Å². The molecule has 0 amide bonds. The van der Waals surface area contributed by atoms with Gasteiger partial charge in [0.1, 0.15) is 11.3 Å². The molecule has 2 aromatic heterocycles. The summed E-state index contributed by atoms with van der Waals surface area (Å²) >= 11 is 5.79. The van der Waals surface area contributed by atoms with Crippen molar-refractivity contribution in [3.63, 3.8) is 0 Å². The third-order valence-electron chi connectivity index (χ3n) is 5.11. The molecule has 3 aromatic rings. The van der Waals surface area contributed by atoms with Gasteiger partial charge in [0.05, 0.1) is 19.0 Å². The molecule has 0 aliphatic rings. The van der Waals surface area contributed by atoms with Gasteiger partial charge < -0.3 is 30.5 Å². The van der Waals surface area contributed by atoms with Crippen LogP contribution in [-0.4, -0.2) is 72.2 Å². The van der Waals surface area contributed by atoms with Gasteiger partial charge >= 0.3 is 11.9 Å². The van der Waals surface area contributed by atoms with Crippen LogP contribution in [0.15, 0.2) is 30.6 Å². The minimum absolute atomic E-state index is 0.0329. The minimum Gasteiger partial charge on any atom is -0.508 e. The normalized spacial score (nSPS) is 13.6. The van der Waals surface area contributed by atoms with E-state index in [1.165, 1.54) is 31.4 Å². The van der Waals surface area contributed by atoms with E-state index in [1.54, 1.807) is 0 Å². The number of methoxy groups -OCH3 is 1. The van der Waals surface area contributed by atoms with Gasteiger partial charge in [-0.05, 0) is 29.3 Å². The van der Waals surface area contributed by atoms with Gasteiger partial charge in [-0.15, -0.1) is 0 Å². The predicted octanol–water partition coefficient (Wildman–Crippen LogP) is 1.81. The number of halogens is 2. The fourth-order valence-corrected chi connectivity index (χ4v) is 3.40. The fourth-order valence-electron chi connectivity index (χ4n) is 3.23. The highest BCUT2D eigenvalue weighted by Gasteiger charge is 2.49. The van der Waals surface area contributed by atoms with Gasteiger partial charge in [0.2, 0.25) is 5.28 Å². The summed E-state index contributed by atoms with van der Waals surface area (Å²) in [6, 6.07) is 5.31. The van der Waals surface area contributed by atoms with Crippen molar-refractivity contribution in [3.8, 4) is 5.75 Å². The Bertz CT molecular complexity index is 1180. The highest BCUT2D eigenvalue weighted by Crippen LogP contribution is 2.27. The van der Waals surface area contributed by atoms with Crippen molar-refractivity contribution in [1.29, 1.82) is 0 Å². The summed E-state index contributed by atoms with van der Waals surface area (Å²) in [5, 5.41) is 28.5. The van der Waals surface area contributed by atoms with Crippen LogP contribution in [0.4, 0.5) is 10.2 Å². The van der Waals surface area contributed by atoms with Crippen LogP contribution in [0.5, 0.6) is 5.75 Å². The van der Waals surface area contributed by atoms with Crippen LogP contribution in [0.3, 0.4) is 0 Å². The van der Waals surface area contributed by atoms with Crippen LogP contribution >= 0.6 is 11.6 Å². The SMILES string of the molecule is COC(COC(Cc1ccc(O)cc1)(C(=O)O)C(=O)O)CC(F)n1cnc2c(N)nc(Cl)nc21. The van der Waals surface area contributed by atoms with Crippen LogP contribution < -0.4 is 5.73 Å². The lowest BCUT2D eigenvalue weighted by Gasteiger charge is -2.28. The van der Waals surface area contributed by atoms with Crippen LogP contribution in [0, 0.1) is 0 Å². The fraction of sp³-hybridized carbons (Fsp3) is 0.350. The molecule has 34 heavy (non-hydrogen) atoms. The van der Waals surface area contributed by atoms with E-state index in [-0.39, 0.29) is 34.4 Å². The van der Waals surface area contributed by atoms with E-state index in [4.69, 9.17) is 26.8 Å². The number of ether oxygens (including phenoxy) is 2. The molecule has 14 heteroatoms. The number of rotatable bonds is 11. The summed E-state index contributed by atoms with van der Waals surface area (Å²) in [6.45, 7) is -0.557. The maximum atomic E-state index is 15.1. The second-order valence-corrected chi connectivity index (χ2v) is 7.66. The molecular formula is C20H21ClFN5O7. The summed E-state index contributed by atoms with van der Waals surface area (Å²) in [6.07, 6.45) is -2.58. The largest absolute Gasteiger partial charge is 0.508 e. The molecule has 12 nitrogen and oxygen atoms in total. The number of carboxylic acid groups (broad SMARTS) is 2. The Hall–Kier alpha value is -3.55. The van der Waals surface area contributed by atoms with Crippen molar-refractivity contribution >= 4 is 40.5 Å². The Labute approximate surface area is 196 Å². The van der Waals surface area contributed by atoms with Crippen molar-refractivity contribution in [2.24, 2.45) is 0 Å². The third kappa shape index (κ3) is 5.16. The lowest BCUT2D eigenvalue weighted by molar-refractivity contribution is -0.188. The van der Waals surface area contributed by atoms with Crippen molar-refractivity contribution in [1.82, 2.24) is 19.5 Å². The van der Waals surface area contributed by atoms with E-state index >= 15 is 4.39 Å². The number of carboxylic acids is 2. The number of aliphatic carboxylic acids is 2. The highest BCUT2D eigenvalue weighted by molar-refractivity contribution is 6.28. The van der Waals surface area contributed by atoms with Crippen LogP contribution in [0.25, 0.3) is 11.2 Å². The molecule has 0 bridgehead atoms. The number of benzene rings is 1. The lowest BCUT2D eigenvalue weighted by Crippen LogP contribution is -2.52. The van der Waals surface area contributed by atoms with Gasteiger partial charge in [-0.1, -0.05) is 12.1 Å². The second-order valence-electron chi connectivity index (χ2n) is 7.32. The maximum Gasteiger partial charge on any atom is 0.348 e. The number of phenols is 1. The molecular weight excluding hydrogens is 477 g/mol. The van der Waals surface area contributed by atoms with Crippen LogP contribution in [0.1, 0.15) is 18.3 Å². The Morgan fingerprint density at radius 2 is 1.88 bits per heavy atom. The van der Waals surface area contributed by atoms with E-state index in [2.05, 4.69) is 15.0 Å². The molecule has 2 heterocycles. The summed E-state index contributed by atoms with van der Waals surface area (Å²) in [5.74, 6) is -3.60. The summed E-state index contributed by atoms with van der Waals surface area (Å²) in [7, 11) is 1.24. The minimum atomic E-state index is -2.67. The van der Waals surface area contributed by atoms with Crippen LogP contribution in [-0.2, 0) is 25.5 Å². The first-order valence-electron chi connectivity index (χ1n) is 9.78. The van der Waals surface area contributed by atoms with Gasteiger partial charge in [0, 0.05) is 20.0 Å². The quantitative estimate of drug-likeness (QED) is 0.224. The second kappa shape index (κ2) is 10.2. The molecule has 0 fully saturated rings. The highest BCUT2D eigenvalue weighted by atomic mass is 35.5. The Kier molecular flexibility index (Phi) is 7.49. The van der Waals surface area contributed by atoms with E-state index < -0.39 is 43.0 Å². The summed E-state index contributed by atoms with van der Waals surface area (Å²) in [5.41, 5.74) is 3.52. The standard InChI is InChI=1S/C20H21ClFN5O7/c1-33-12(6-13(22)27-9-24-14-15(23)25-19(21)26-16(14)27)8-34-20(17(29)30,18(31)32)7-10-2-4-11(28)5-3-10/h2-5,9,12-13,28H,6-8H2,1H3,(H,29,30)(H,31,32)(H2,23,25,26). The van der Waals surface area contributed by atoms with E-state index in [0.29, 0.717) is 5.56 Å². The predicted molar refractivity (Wildman–Crippen MR) is 116 cm³/mol. The number of imidazole rings is 1. The first-order valence-corrected chi connectivity index (χ1v) is 10.2. The molecule has 0 saturated carbocycles. The van der Waals surface area contributed by atoms with E-state index in [1.807, 2.05) is 0 Å². The van der Waals surface area contributed by atoms with E-state index in [0.717, 1.165) is 10.9 Å². The number of aromatic nitrogens is 4. The molecule has 5 N–H and O–H groups in total. The summed E-state index contributed by atoms with van der Waals surface area (Å²) < 4.78 is 26.7. The van der Waals surface area contributed by atoms with Crippen molar-refractivity contribution in [2.75, 3.05) is 19.5 Å². The third-order valence-corrected chi connectivity index (χ3v) is 5.28. The number of anilines is 1. The molecule has 2 atom stereocenters. The van der Waals surface area contributed by atoms with Crippen molar-refractivity contribution in [2.45, 2.75) is 30.8 Å². The van der Waals surface area contributed by atoms with Crippen molar-refractivity contribution in [3.05, 3.63) is 41.4 Å². The van der Waals surface area contributed by atoms with Gasteiger partial charge in [0.25, 0.3) is 5.60 Å². The first kappa shape index (κ1) is 25.1. The maximum absolute atomic E-state index is 15.1. The number of nitrogens with zero attached hydrogens (tertiary/aromatic N) is 4. The zero-order valence-electron chi connectivity index (χ0n) is 17.8. The first-order chi connectivity index (χ1) is 16.1. The Balaban J connectivity index is 1.78. The number of hydrogen-bond acceptors (Lipinski definition) is 9. The van der Waals surface area contributed by atoms with Crippen molar-refractivity contribution < 1.29 is 38.8 Å². The monoisotopic (exact) mass is 497 g/mol. The molecule has 0 saturated heterocycles. The van der Waals surface area contributed by atoms with Crippen LogP contribution in [0.2, 0.25) is 5.28 Å². The number of fused-ring (bicyclic) bond motifs is 1. The molecule has 0 radical (unpaired) electrons. The molecule has 2 unspecified atom stereocenters. The molecule has 3 rings (SSSR count). The Morgan fingerprint density at radius 3 is 2.47 bits per heavy atom. The van der Waals surface area contributed by atoms with Gasteiger partial charge in [-0.3, -0.25) is 4.57 Å². The molecule has 0 spiro atoms. The number of nitrogens with two attached hydrogens (primary N) is 1.